The van der Waals surface area contributed by atoms with Crippen LogP contribution < -0.4 is 0 Å². The van der Waals surface area contributed by atoms with Crippen molar-refractivity contribution in [3.63, 3.8) is 0 Å². The maximum Gasteiger partial charge on any atom is 0.307 e. The summed E-state index contributed by atoms with van der Waals surface area (Å²) in [5, 5.41) is 10.2. The largest absolute Gasteiger partial charge is 0.457 e. The molecule has 3 fully saturated rings. The average Bonchev–Trinajstić information content (AvgIpc) is 3.14. The second kappa shape index (κ2) is 10.2. The number of rotatable bonds is 8. The number of ether oxygens (including phenoxy) is 2. The van der Waals surface area contributed by atoms with Gasteiger partial charge in [0.1, 0.15) is 0 Å². The predicted octanol–water partition coefficient (Wildman–Crippen LogP) is 4.07. The Morgan fingerprint density at radius 3 is 2.44 bits per heavy atom. The Kier molecular flexibility index (Phi) is 7.74. The summed E-state index contributed by atoms with van der Waals surface area (Å²) in [5.74, 6) is 0.206. The first kappa shape index (κ1) is 27.3. The molecule has 0 saturated heterocycles. The molecule has 1 unspecified atom stereocenters. The van der Waals surface area contributed by atoms with E-state index in [1.807, 2.05) is 19.0 Å². The first-order chi connectivity index (χ1) is 17.0. The summed E-state index contributed by atoms with van der Waals surface area (Å²) in [6.45, 7) is 6.48. The maximum atomic E-state index is 13.8. The Morgan fingerprint density at radius 2 is 1.75 bits per heavy atom. The van der Waals surface area contributed by atoms with Crippen molar-refractivity contribution in [3.8, 4) is 0 Å². The van der Waals surface area contributed by atoms with Crippen molar-refractivity contribution in [2.75, 3.05) is 27.2 Å². The van der Waals surface area contributed by atoms with Gasteiger partial charge in [-0.25, -0.2) is 0 Å². The van der Waals surface area contributed by atoms with Crippen LogP contribution in [0.2, 0.25) is 0 Å². The van der Waals surface area contributed by atoms with Gasteiger partial charge in [-0.1, -0.05) is 32.4 Å². The fourth-order valence-corrected chi connectivity index (χ4v) is 8.31. The van der Waals surface area contributed by atoms with Gasteiger partial charge < -0.3 is 19.5 Å². The molecular weight excluding hydrogens is 458 g/mol. The van der Waals surface area contributed by atoms with Crippen molar-refractivity contribution in [2.24, 2.45) is 28.6 Å². The van der Waals surface area contributed by atoms with Crippen LogP contribution in [0.15, 0.2) is 11.6 Å². The van der Waals surface area contributed by atoms with Crippen molar-refractivity contribution in [1.82, 2.24) is 4.90 Å². The zero-order chi connectivity index (χ0) is 26.3. The molecule has 0 radical (unpaired) electrons. The van der Waals surface area contributed by atoms with Crippen LogP contribution in [0, 0.1) is 28.6 Å². The molecule has 0 bridgehead atoms. The molecule has 0 amide bonds. The van der Waals surface area contributed by atoms with E-state index in [4.69, 9.17) is 9.47 Å². The van der Waals surface area contributed by atoms with E-state index in [1.165, 1.54) is 5.57 Å². The molecule has 4 aliphatic carbocycles. The quantitative estimate of drug-likeness (QED) is 0.394. The normalized spacial score (nSPS) is 39.5. The lowest BCUT2D eigenvalue weighted by Crippen LogP contribution is -2.60. The van der Waals surface area contributed by atoms with Gasteiger partial charge in [-0.2, -0.15) is 0 Å². The molecule has 3 saturated carbocycles. The van der Waals surface area contributed by atoms with Crippen LogP contribution in [0.3, 0.4) is 0 Å². The smallest absolute Gasteiger partial charge is 0.307 e. The Hall–Kier alpha value is -1.73. The third kappa shape index (κ3) is 4.55. The summed E-state index contributed by atoms with van der Waals surface area (Å²) in [5.41, 5.74) is -0.204. The molecule has 0 heterocycles. The van der Waals surface area contributed by atoms with Gasteiger partial charge in [0, 0.05) is 18.4 Å². The van der Waals surface area contributed by atoms with E-state index in [1.54, 1.807) is 6.92 Å². The second-order valence-corrected chi connectivity index (χ2v) is 12.4. The number of allylic oxidation sites excluding steroid dienone is 1. The molecule has 0 spiro atoms. The molecule has 1 N–H and O–H groups in total. The van der Waals surface area contributed by atoms with E-state index in [0.29, 0.717) is 24.8 Å². The topological polar surface area (TPSA) is 93.1 Å². The molecule has 7 heteroatoms. The van der Waals surface area contributed by atoms with Crippen LogP contribution in [-0.2, 0) is 23.9 Å². The number of carbonyl (C=O) groups is 3. The van der Waals surface area contributed by atoms with E-state index in [2.05, 4.69) is 19.9 Å². The van der Waals surface area contributed by atoms with Crippen LogP contribution >= 0.6 is 0 Å². The Balaban J connectivity index is 1.58. The molecule has 0 aromatic heterocycles. The molecule has 202 valence electrons. The zero-order valence-electron chi connectivity index (χ0n) is 22.8. The van der Waals surface area contributed by atoms with E-state index in [0.717, 1.165) is 44.9 Å². The molecule has 7 nitrogen and oxygen atoms in total. The van der Waals surface area contributed by atoms with E-state index in [-0.39, 0.29) is 48.6 Å². The fraction of sp³-hybridized carbons (Fsp3) is 0.828. The molecule has 0 aromatic carbocycles. The third-order valence-electron chi connectivity index (χ3n) is 10.4. The van der Waals surface area contributed by atoms with E-state index in [9.17, 15) is 19.5 Å². The number of aliphatic hydroxyl groups excluding tert-OH is 1. The summed E-state index contributed by atoms with van der Waals surface area (Å²) in [6, 6.07) is 0. The molecule has 0 aliphatic heterocycles. The fourth-order valence-electron chi connectivity index (χ4n) is 8.31. The molecule has 4 aliphatic rings. The van der Waals surface area contributed by atoms with Crippen LogP contribution in [-0.4, -0.2) is 66.7 Å². The predicted molar refractivity (Wildman–Crippen MR) is 136 cm³/mol. The number of nitrogens with zero attached hydrogens (tertiary/aromatic N) is 1. The first-order valence-corrected chi connectivity index (χ1v) is 13.9. The van der Waals surface area contributed by atoms with Gasteiger partial charge in [0.15, 0.2) is 12.2 Å². The van der Waals surface area contributed by atoms with Crippen LogP contribution in [0.4, 0.5) is 0 Å². The van der Waals surface area contributed by atoms with Gasteiger partial charge >= 0.3 is 11.9 Å². The van der Waals surface area contributed by atoms with Crippen molar-refractivity contribution in [3.05, 3.63) is 11.6 Å². The summed E-state index contributed by atoms with van der Waals surface area (Å²) >= 11 is 0. The number of fused-ring (bicyclic) bond motifs is 5. The highest BCUT2D eigenvalue weighted by Gasteiger charge is 2.68. The maximum absolute atomic E-state index is 13.8. The number of hydrogen-bond acceptors (Lipinski definition) is 7. The van der Waals surface area contributed by atoms with E-state index < -0.39 is 17.0 Å². The van der Waals surface area contributed by atoms with Crippen LogP contribution in [0.25, 0.3) is 0 Å². The van der Waals surface area contributed by atoms with Gasteiger partial charge in [-0.15, -0.1) is 0 Å². The third-order valence-corrected chi connectivity index (χ3v) is 10.4. The van der Waals surface area contributed by atoms with Gasteiger partial charge in [0.25, 0.3) is 0 Å². The van der Waals surface area contributed by atoms with E-state index >= 15 is 0 Å². The van der Waals surface area contributed by atoms with Crippen LogP contribution in [0.1, 0.15) is 85.0 Å². The number of carbonyl (C=O) groups excluding carboxylic acids is 3. The Labute approximate surface area is 216 Å². The molecule has 7 atom stereocenters. The van der Waals surface area contributed by atoms with Gasteiger partial charge in [-0.05, 0) is 88.6 Å². The summed E-state index contributed by atoms with van der Waals surface area (Å²) in [6.07, 6.45) is 9.15. The number of Topliss-reactive ketones (excluding diaryl/α,β-unsaturated/α-hetero) is 1. The SMILES string of the molecule is CCC(=O)O[C@]1(C(=O)COC(=O)CCN(C)C)CC[C@H]2[C@@H]3CCC4=CC(O)CC[C@]4(C)[C@H]3CC[C@@]21C. The summed E-state index contributed by atoms with van der Waals surface area (Å²) < 4.78 is 11.5. The van der Waals surface area contributed by atoms with Crippen molar-refractivity contribution in [1.29, 1.82) is 0 Å². The monoisotopic (exact) mass is 503 g/mol. The minimum absolute atomic E-state index is 0.0980. The second-order valence-electron chi connectivity index (χ2n) is 12.4. The van der Waals surface area contributed by atoms with Gasteiger partial charge in [0.2, 0.25) is 5.78 Å². The lowest BCUT2D eigenvalue weighted by Gasteiger charge is -2.59. The lowest BCUT2D eigenvalue weighted by molar-refractivity contribution is -0.192. The zero-order valence-corrected chi connectivity index (χ0v) is 22.8. The summed E-state index contributed by atoms with van der Waals surface area (Å²) in [4.78, 5) is 40.6. The van der Waals surface area contributed by atoms with Crippen LogP contribution in [0.5, 0.6) is 0 Å². The summed E-state index contributed by atoms with van der Waals surface area (Å²) in [7, 11) is 3.76. The molecule has 4 rings (SSSR count). The number of ketones is 1. The lowest BCUT2D eigenvalue weighted by atomic mass is 9.46. The van der Waals surface area contributed by atoms with Crippen molar-refractivity contribution < 1.29 is 29.0 Å². The molecular formula is C29H45NO6. The van der Waals surface area contributed by atoms with Crippen molar-refractivity contribution >= 4 is 17.7 Å². The highest BCUT2D eigenvalue weighted by molar-refractivity contribution is 5.93. The highest BCUT2D eigenvalue weighted by Crippen LogP contribution is 2.68. The number of esters is 2. The average molecular weight is 504 g/mol. The Bertz CT molecular complexity index is 913. The molecule has 0 aromatic rings. The first-order valence-electron chi connectivity index (χ1n) is 13.9. The molecule has 36 heavy (non-hydrogen) atoms. The Morgan fingerprint density at radius 1 is 1.03 bits per heavy atom. The minimum atomic E-state index is -1.24. The van der Waals surface area contributed by atoms with Gasteiger partial charge in [0.05, 0.1) is 12.5 Å². The number of hydrogen-bond donors (Lipinski definition) is 1. The van der Waals surface area contributed by atoms with Crippen molar-refractivity contribution in [2.45, 2.75) is 96.7 Å². The minimum Gasteiger partial charge on any atom is -0.457 e. The number of aliphatic hydroxyl groups is 1. The standard InChI is InChI=1S/C29H45NO6/c1-6-25(33)36-29(24(32)18-35-26(34)12-16-30(4)5)15-11-23-21-8-7-19-17-20(31)9-13-27(19,2)22(21)10-14-28(23,29)3/h17,20-23,31H,6-16,18H2,1-5H3/t20?,21-,22+,23+,27+,28+,29+/m1/s1. The highest BCUT2D eigenvalue weighted by atomic mass is 16.6. The van der Waals surface area contributed by atoms with Gasteiger partial charge in [-0.3, -0.25) is 14.4 Å².